The SMILES string of the molecule is CCCNCC(C)C(C)N(C)Cc1ccccc1C. The Hall–Kier alpha value is -0.860. The Morgan fingerprint density at radius 3 is 2.53 bits per heavy atom. The number of nitrogens with zero attached hydrogens (tertiary/aromatic N) is 1. The summed E-state index contributed by atoms with van der Waals surface area (Å²) in [5.41, 5.74) is 2.82. The van der Waals surface area contributed by atoms with E-state index in [1.165, 1.54) is 17.5 Å². The van der Waals surface area contributed by atoms with Crippen molar-refractivity contribution in [1.82, 2.24) is 10.2 Å². The summed E-state index contributed by atoms with van der Waals surface area (Å²) in [6.07, 6.45) is 1.21. The topological polar surface area (TPSA) is 15.3 Å². The molecule has 1 N–H and O–H groups in total. The number of nitrogens with one attached hydrogen (secondary N) is 1. The predicted octanol–water partition coefficient (Wildman–Crippen LogP) is 3.45. The fraction of sp³-hybridized carbons (Fsp3) is 0.647. The first-order chi connectivity index (χ1) is 9.06. The van der Waals surface area contributed by atoms with E-state index in [1.807, 2.05) is 0 Å². The lowest BCUT2D eigenvalue weighted by molar-refractivity contribution is 0.188. The smallest absolute Gasteiger partial charge is 0.0236 e. The van der Waals surface area contributed by atoms with E-state index in [2.05, 4.69) is 69.2 Å². The molecule has 19 heavy (non-hydrogen) atoms. The Kier molecular flexibility index (Phi) is 7.11. The van der Waals surface area contributed by atoms with Crippen molar-refractivity contribution in [1.29, 1.82) is 0 Å². The first-order valence-corrected chi connectivity index (χ1v) is 7.51. The van der Waals surface area contributed by atoms with Crippen molar-refractivity contribution >= 4 is 0 Å². The van der Waals surface area contributed by atoms with Gasteiger partial charge in [0.15, 0.2) is 0 Å². The zero-order valence-corrected chi connectivity index (χ0v) is 13.2. The van der Waals surface area contributed by atoms with Gasteiger partial charge in [0.05, 0.1) is 0 Å². The summed E-state index contributed by atoms with van der Waals surface area (Å²) >= 11 is 0. The van der Waals surface area contributed by atoms with Crippen LogP contribution in [0.15, 0.2) is 24.3 Å². The molecule has 0 aliphatic heterocycles. The molecule has 0 aliphatic carbocycles. The van der Waals surface area contributed by atoms with Crippen LogP contribution in [0.4, 0.5) is 0 Å². The molecular weight excluding hydrogens is 232 g/mol. The van der Waals surface area contributed by atoms with E-state index in [0.29, 0.717) is 12.0 Å². The van der Waals surface area contributed by atoms with Crippen LogP contribution >= 0.6 is 0 Å². The van der Waals surface area contributed by atoms with Crippen LogP contribution in [-0.4, -0.2) is 31.1 Å². The fourth-order valence-electron chi connectivity index (χ4n) is 2.31. The van der Waals surface area contributed by atoms with Crippen molar-refractivity contribution in [3.05, 3.63) is 35.4 Å². The van der Waals surface area contributed by atoms with Gasteiger partial charge in [0.2, 0.25) is 0 Å². The molecule has 0 radical (unpaired) electrons. The van der Waals surface area contributed by atoms with E-state index in [4.69, 9.17) is 0 Å². The van der Waals surface area contributed by atoms with Crippen molar-refractivity contribution in [3.63, 3.8) is 0 Å². The van der Waals surface area contributed by atoms with Gasteiger partial charge in [0.1, 0.15) is 0 Å². The average molecular weight is 262 g/mol. The van der Waals surface area contributed by atoms with Crippen LogP contribution in [-0.2, 0) is 6.54 Å². The summed E-state index contributed by atoms with van der Waals surface area (Å²) in [5.74, 6) is 0.667. The summed E-state index contributed by atoms with van der Waals surface area (Å²) < 4.78 is 0. The van der Waals surface area contributed by atoms with Crippen molar-refractivity contribution < 1.29 is 0 Å². The molecule has 0 saturated heterocycles. The Bertz CT molecular complexity index is 362. The third-order valence-electron chi connectivity index (χ3n) is 4.09. The Balaban J connectivity index is 2.48. The minimum atomic E-state index is 0.587. The average Bonchev–Trinajstić information content (AvgIpc) is 2.40. The third kappa shape index (κ3) is 5.33. The Labute approximate surface area is 119 Å². The van der Waals surface area contributed by atoms with Crippen LogP contribution in [0.5, 0.6) is 0 Å². The summed E-state index contributed by atoms with van der Waals surface area (Å²) in [5, 5.41) is 3.52. The maximum atomic E-state index is 3.52. The number of aryl methyl sites for hydroxylation is 1. The second kappa shape index (κ2) is 8.34. The highest BCUT2D eigenvalue weighted by Gasteiger charge is 2.17. The Morgan fingerprint density at radius 2 is 1.89 bits per heavy atom. The van der Waals surface area contributed by atoms with Crippen LogP contribution in [0.3, 0.4) is 0 Å². The molecule has 1 aromatic rings. The van der Waals surface area contributed by atoms with Crippen molar-refractivity contribution in [2.24, 2.45) is 5.92 Å². The van der Waals surface area contributed by atoms with Gasteiger partial charge in [-0.25, -0.2) is 0 Å². The van der Waals surface area contributed by atoms with Gasteiger partial charge in [0, 0.05) is 12.6 Å². The van der Waals surface area contributed by atoms with Gasteiger partial charge in [-0.15, -0.1) is 0 Å². The quantitative estimate of drug-likeness (QED) is 0.722. The maximum Gasteiger partial charge on any atom is 0.0236 e. The lowest BCUT2D eigenvalue weighted by atomic mass is 10.0. The van der Waals surface area contributed by atoms with E-state index >= 15 is 0 Å². The van der Waals surface area contributed by atoms with Gasteiger partial charge in [-0.3, -0.25) is 4.90 Å². The molecule has 2 atom stereocenters. The minimum absolute atomic E-state index is 0.587. The van der Waals surface area contributed by atoms with Crippen molar-refractivity contribution in [2.45, 2.75) is 46.7 Å². The molecule has 108 valence electrons. The minimum Gasteiger partial charge on any atom is -0.316 e. The van der Waals surface area contributed by atoms with E-state index in [1.54, 1.807) is 0 Å². The number of benzene rings is 1. The third-order valence-corrected chi connectivity index (χ3v) is 4.09. The summed E-state index contributed by atoms with van der Waals surface area (Å²) in [6.45, 7) is 12.3. The first-order valence-electron chi connectivity index (χ1n) is 7.51. The molecule has 0 fully saturated rings. The molecule has 0 aliphatic rings. The van der Waals surface area contributed by atoms with Crippen LogP contribution in [0.1, 0.15) is 38.3 Å². The lowest BCUT2D eigenvalue weighted by Gasteiger charge is -2.30. The van der Waals surface area contributed by atoms with E-state index in [9.17, 15) is 0 Å². The van der Waals surface area contributed by atoms with Crippen LogP contribution < -0.4 is 5.32 Å². The standard InChI is InChI=1S/C17H30N2/c1-6-11-18-12-15(3)16(4)19(5)13-17-10-8-7-9-14(17)2/h7-10,15-16,18H,6,11-13H2,1-5H3. The fourth-order valence-corrected chi connectivity index (χ4v) is 2.31. The zero-order valence-electron chi connectivity index (χ0n) is 13.2. The van der Waals surface area contributed by atoms with Crippen LogP contribution in [0.25, 0.3) is 0 Å². The van der Waals surface area contributed by atoms with Gasteiger partial charge >= 0.3 is 0 Å². The monoisotopic (exact) mass is 262 g/mol. The molecular formula is C17H30N2. The molecule has 0 heterocycles. The summed E-state index contributed by atoms with van der Waals surface area (Å²) in [6, 6.07) is 9.26. The van der Waals surface area contributed by atoms with Gasteiger partial charge in [0.25, 0.3) is 0 Å². The molecule has 0 bridgehead atoms. The molecule has 0 saturated carbocycles. The normalized spacial score (nSPS) is 14.6. The number of rotatable bonds is 8. The van der Waals surface area contributed by atoms with Crippen molar-refractivity contribution in [3.8, 4) is 0 Å². The van der Waals surface area contributed by atoms with E-state index in [-0.39, 0.29) is 0 Å². The summed E-state index contributed by atoms with van der Waals surface area (Å²) in [4.78, 5) is 2.46. The van der Waals surface area contributed by atoms with Crippen LogP contribution in [0.2, 0.25) is 0 Å². The maximum absolute atomic E-state index is 3.52. The van der Waals surface area contributed by atoms with Crippen molar-refractivity contribution in [2.75, 3.05) is 20.1 Å². The Morgan fingerprint density at radius 1 is 1.21 bits per heavy atom. The largest absolute Gasteiger partial charge is 0.316 e. The summed E-state index contributed by atoms with van der Waals surface area (Å²) in [7, 11) is 2.23. The molecule has 1 aromatic carbocycles. The first kappa shape index (κ1) is 16.2. The van der Waals surface area contributed by atoms with Gasteiger partial charge in [-0.05, 0) is 57.5 Å². The molecule has 0 spiro atoms. The van der Waals surface area contributed by atoms with Gasteiger partial charge in [-0.1, -0.05) is 38.1 Å². The molecule has 2 nitrogen and oxygen atoms in total. The predicted molar refractivity (Wildman–Crippen MR) is 84.4 cm³/mol. The number of hydrogen-bond donors (Lipinski definition) is 1. The molecule has 1 rings (SSSR count). The second-order valence-corrected chi connectivity index (χ2v) is 5.76. The van der Waals surface area contributed by atoms with E-state index < -0.39 is 0 Å². The van der Waals surface area contributed by atoms with Crippen LogP contribution in [0, 0.1) is 12.8 Å². The highest BCUT2D eigenvalue weighted by atomic mass is 15.1. The molecule has 2 unspecified atom stereocenters. The molecule has 0 aromatic heterocycles. The zero-order chi connectivity index (χ0) is 14.3. The molecule has 2 heteroatoms. The van der Waals surface area contributed by atoms with Gasteiger partial charge < -0.3 is 5.32 Å². The van der Waals surface area contributed by atoms with Gasteiger partial charge in [-0.2, -0.15) is 0 Å². The highest BCUT2D eigenvalue weighted by Crippen LogP contribution is 2.15. The lowest BCUT2D eigenvalue weighted by Crippen LogP contribution is -2.38. The highest BCUT2D eigenvalue weighted by molar-refractivity contribution is 5.25. The second-order valence-electron chi connectivity index (χ2n) is 5.76. The number of hydrogen-bond acceptors (Lipinski definition) is 2. The van der Waals surface area contributed by atoms with E-state index in [0.717, 1.165) is 19.6 Å². The molecule has 0 amide bonds.